The van der Waals surface area contributed by atoms with Crippen molar-refractivity contribution in [3.05, 3.63) is 100 Å². The lowest BCUT2D eigenvalue weighted by Gasteiger charge is -2.23. The number of allylic oxidation sites excluding steroid dienone is 4. The predicted octanol–water partition coefficient (Wildman–Crippen LogP) is 4.42. The first kappa shape index (κ1) is 36.5. The van der Waals surface area contributed by atoms with Gasteiger partial charge in [-0.2, -0.15) is 9.68 Å². The number of benzene rings is 1. The second kappa shape index (κ2) is 17.7. The summed E-state index contributed by atoms with van der Waals surface area (Å²) in [5.41, 5.74) is 3.62. The summed E-state index contributed by atoms with van der Waals surface area (Å²) in [6.07, 6.45) is 21.5. The number of nitrogens with one attached hydrogen (secondary N) is 1. The normalized spacial score (nSPS) is 17.3. The molecule has 2 aliphatic rings. The molecule has 0 aliphatic carbocycles. The van der Waals surface area contributed by atoms with Crippen molar-refractivity contribution in [2.24, 2.45) is 5.10 Å². The number of anilines is 2. The van der Waals surface area contributed by atoms with Crippen molar-refractivity contribution in [3.8, 4) is 5.75 Å². The van der Waals surface area contributed by atoms with E-state index in [2.05, 4.69) is 38.0 Å². The minimum atomic E-state index is 0.00932. The molecule has 0 bridgehead atoms. The third-order valence-electron chi connectivity index (χ3n) is 7.83. The number of ether oxygens (including phenoxy) is 2. The number of likely N-dealkylation sites (N-methyl/N-ethyl adjacent to an activating group) is 1. The van der Waals surface area contributed by atoms with Crippen LogP contribution in [0.2, 0.25) is 0 Å². The topological polar surface area (TPSA) is 98.4 Å². The molecular formula is C38H49N8O3+. The average Bonchev–Trinajstić information content (AvgIpc) is 3.10. The highest BCUT2D eigenvalue weighted by atomic mass is 16.5. The Labute approximate surface area is 289 Å². The van der Waals surface area contributed by atoms with Crippen LogP contribution in [0.3, 0.4) is 0 Å². The van der Waals surface area contributed by atoms with Gasteiger partial charge in [-0.25, -0.2) is 15.0 Å². The molecule has 0 unspecified atom stereocenters. The molecule has 0 radical (unpaired) electrons. The first-order valence-corrected chi connectivity index (χ1v) is 16.6. The zero-order valence-electron chi connectivity index (χ0n) is 30.0. The maximum atomic E-state index is 12.8. The minimum Gasteiger partial charge on any atom is -0.490 e. The molecule has 2 aliphatic heterocycles. The molecule has 1 amide bonds. The van der Waals surface area contributed by atoms with Crippen molar-refractivity contribution in [2.45, 2.75) is 41.0 Å². The predicted molar refractivity (Wildman–Crippen MR) is 198 cm³/mol. The Bertz CT molecular complexity index is 1850. The van der Waals surface area contributed by atoms with Crippen molar-refractivity contribution < 1.29 is 18.8 Å². The fourth-order valence-electron chi connectivity index (χ4n) is 5.41. The molecule has 258 valence electrons. The molecule has 3 heterocycles. The highest BCUT2D eigenvalue weighted by Crippen LogP contribution is 2.27. The van der Waals surface area contributed by atoms with Gasteiger partial charge in [-0.05, 0) is 84.1 Å². The monoisotopic (exact) mass is 665 g/mol. The number of nitrogens with zero attached hydrogens (tertiary/aromatic N) is 7. The molecule has 2 aromatic rings. The van der Waals surface area contributed by atoms with Crippen molar-refractivity contribution >= 4 is 41.7 Å². The molecular weight excluding hydrogens is 616 g/mol. The van der Waals surface area contributed by atoms with E-state index in [1.54, 1.807) is 30.7 Å². The Kier molecular flexibility index (Phi) is 13.2. The van der Waals surface area contributed by atoms with Gasteiger partial charge in [0.25, 0.3) is 0 Å². The Morgan fingerprint density at radius 3 is 2.63 bits per heavy atom. The fourth-order valence-corrected chi connectivity index (χ4v) is 5.41. The van der Waals surface area contributed by atoms with E-state index in [9.17, 15) is 4.79 Å². The summed E-state index contributed by atoms with van der Waals surface area (Å²) in [7, 11) is 5.62. The summed E-state index contributed by atoms with van der Waals surface area (Å²) in [6, 6.07) is 5.94. The van der Waals surface area contributed by atoms with Crippen LogP contribution in [0, 0.1) is 6.92 Å². The Balaban J connectivity index is 1.64. The molecule has 0 saturated carbocycles. The standard InChI is InChI=1S/C38H49N8O3/c1-9-14-33(44-21-23-45(24-22-44)35(47)15-13-19-43(6)7)37(48-8)36-32(11-3)39-27-40-38(36)42-29-16-17-34(28(5)25-29)49-31-18-20-46(41-12-4)30(10-2)26-31/h10-18,20-21,25-27H,9,19,22-24H2,1-8H3,(H,39,40,42)/q+1/b15-13+,30-10+,32-11+,33-14-,37-36-,41-12-. The number of methoxy groups -OCH3 is 1. The van der Waals surface area contributed by atoms with E-state index < -0.39 is 0 Å². The van der Waals surface area contributed by atoms with Crippen LogP contribution in [0.25, 0.3) is 11.8 Å². The van der Waals surface area contributed by atoms with Gasteiger partial charge in [-0.15, -0.1) is 0 Å². The number of rotatable bonds is 12. The van der Waals surface area contributed by atoms with Gasteiger partial charge in [0.15, 0.2) is 12.8 Å². The summed E-state index contributed by atoms with van der Waals surface area (Å²) in [6.45, 7) is 12.3. The molecule has 0 fully saturated rings. The minimum absolute atomic E-state index is 0.00932. The van der Waals surface area contributed by atoms with Crippen LogP contribution < -0.4 is 20.6 Å². The van der Waals surface area contributed by atoms with Crippen molar-refractivity contribution in [2.75, 3.05) is 52.7 Å². The second-order valence-electron chi connectivity index (χ2n) is 11.6. The van der Waals surface area contributed by atoms with Crippen molar-refractivity contribution in [1.29, 1.82) is 0 Å². The van der Waals surface area contributed by atoms with E-state index >= 15 is 0 Å². The maximum absolute atomic E-state index is 12.8. The van der Waals surface area contributed by atoms with Crippen LogP contribution in [-0.2, 0) is 9.53 Å². The van der Waals surface area contributed by atoms with Crippen molar-refractivity contribution in [3.63, 3.8) is 0 Å². The number of carbonyl (C=O) groups is 1. The van der Waals surface area contributed by atoms with Crippen LogP contribution in [0.15, 0.2) is 89.4 Å². The van der Waals surface area contributed by atoms with E-state index in [0.29, 0.717) is 31.2 Å². The van der Waals surface area contributed by atoms with Crippen LogP contribution in [-0.4, -0.2) is 95.1 Å². The van der Waals surface area contributed by atoms with Crippen LogP contribution in [0.4, 0.5) is 11.5 Å². The van der Waals surface area contributed by atoms with E-state index in [1.165, 1.54) is 0 Å². The van der Waals surface area contributed by atoms with Gasteiger partial charge >= 0.3 is 0 Å². The van der Waals surface area contributed by atoms with Gasteiger partial charge in [0, 0.05) is 36.8 Å². The van der Waals surface area contributed by atoms with E-state index in [-0.39, 0.29) is 5.91 Å². The molecule has 0 spiro atoms. The van der Waals surface area contributed by atoms with E-state index in [1.807, 2.05) is 113 Å². The Morgan fingerprint density at radius 1 is 1.18 bits per heavy atom. The van der Waals surface area contributed by atoms with Gasteiger partial charge in [0.2, 0.25) is 17.4 Å². The number of aromatic nitrogens is 2. The van der Waals surface area contributed by atoms with Gasteiger partial charge in [-0.3, -0.25) is 4.79 Å². The SMILES string of the molecule is C/C=N\N1C=CC(Oc2ccc(Nc3ncnc(=C/C)/c3=C(OC)\C(=C\CC)[N+]3=CCN(C(=O)/C=C/CN(C)C)CC3)cc2C)=C/C1=C\C. The number of aryl methyl sites for hydroxylation is 1. The first-order valence-electron chi connectivity index (χ1n) is 16.6. The first-order chi connectivity index (χ1) is 23.7. The number of hydrazone groups is 1. The number of amides is 1. The Morgan fingerprint density at radius 2 is 2.00 bits per heavy atom. The van der Waals surface area contributed by atoms with Crippen LogP contribution in [0.1, 0.15) is 39.7 Å². The zero-order valence-corrected chi connectivity index (χ0v) is 30.0. The molecule has 0 saturated heterocycles. The van der Waals surface area contributed by atoms with E-state index in [4.69, 9.17) is 9.47 Å². The second-order valence-corrected chi connectivity index (χ2v) is 11.6. The number of hydrogen-bond acceptors (Lipinski definition) is 9. The van der Waals surface area contributed by atoms with Crippen LogP contribution >= 0.6 is 0 Å². The number of hydrogen-bond donors (Lipinski definition) is 1. The zero-order chi connectivity index (χ0) is 35.3. The third kappa shape index (κ3) is 9.41. The lowest BCUT2D eigenvalue weighted by Crippen LogP contribution is -2.43. The highest BCUT2D eigenvalue weighted by molar-refractivity contribution is 5.89. The summed E-state index contributed by atoms with van der Waals surface area (Å²) >= 11 is 0. The third-order valence-corrected chi connectivity index (χ3v) is 7.83. The molecule has 49 heavy (non-hydrogen) atoms. The van der Waals surface area contributed by atoms with E-state index in [0.717, 1.165) is 57.7 Å². The summed E-state index contributed by atoms with van der Waals surface area (Å²) in [4.78, 5) is 25.9. The molecule has 1 aromatic heterocycles. The van der Waals surface area contributed by atoms with Gasteiger partial charge < -0.3 is 24.6 Å². The highest BCUT2D eigenvalue weighted by Gasteiger charge is 2.27. The summed E-state index contributed by atoms with van der Waals surface area (Å²) in [5.74, 6) is 2.73. The molecule has 11 nitrogen and oxygen atoms in total. The lowest BCUT2D eigenvalue weighted by molar-refractivity contribution is -0.473. The fraction of sp³-hybridized carbons (Fsp3) is 0.342. The average molecular weight is 666 g/mol. The molecule has 11 heteroatoms. The quantitative estimate of drug-likeness (QED) is 0.202. The molecule has 4 rings (SSSR count). The maximum Gasteiger partial charge on any atom is 0.246 e. The Hall–Kier alpha value is -5.29. The summed E-state index contributed by atoms with van der Waals surface area (Å²) in [5, 5.41) is 11.1. The summed E-state index contributed by atoms with van der Waals surface area (Å²) < 4.78 is 14.6. The van der Waals surface area contributed by atoms with Crippen molar-refractivity contribution in [1.82, 2.24) is 24.8 Å². The smallest absolute Gasteiger partial charge is 0.246 e. The number of carbonyl (C=O) groups excluding carboxylic acids is 1. The van der Waals surface area contributed by atoms with Crippen LogP contribution in [0.5, 0.6) is 5.75 Å². The van der Waals surface area contributed by atoms with Gasteiger partial charge in [0.1, 0.15) is 23.7 Å². The van der Waals surface area contributed by atoms with Gasteiger partial charge in [0.05, 0.1) is 36.5 Å². The molecule has 0 atom stereocenters. The molecule has 1 aromatic carbocycles. The molecule has 1 N–H and O–H groups in total. The lowest BCUT2D eigenvalue weighted by atomic mass is 10.1. The largest absolute Gasteiger partial charge is 0.490 e. The van der Waals surface area contributed by atoms with Gasteiger partial charge in [-0.1, -0.05) is 25.2 Å².